The smallest absolute Gasteiger partial charge is 0.0918 e. The molecule has 36 heavy (non-hydrogen) atoms. The maximum absolute atomic E-state index is 11.0. The Morgan fingerprint density at radius 2 is 1.11 bits per heavy atom. The van der Waals surface area contributed by atoms with E-state index >= 15 is 0 Å². The summed E-state index contributed by atoms with van der Waals surface area (Å²) in [5, 5.41) is 44.0. The molecule has 2 rings (SSSR count). The first-order chi connectivity index (χ1) is 16.5. The Hall–Kier alpha value is -0.760. The topological polar surface area (TPSA) is 99.4 Å². The number of hydrogen-bond acceptors (Lipinski definition) is 6. The van der Waals surface area contributed by atoms with E-state index in [1.807, 2.05) is 55.4 Å². The van der Waals surface area contributed by atoms with E-state index in [4.69, 9.17) is 9.47 Å². The average molecular weight is 511 g/mol. The van der Waals surface area contributed by atoms with Crippen LogP contribution in [0.1, 0.15) is 120 Å². The van der Waals surface area contributed by atoms with E-state index in [0.29, 0.717) is 51.4 Å². The lowest BCUT2D eigenvalue weighted by atomic mass is 9.86. The Labute approximate surface area is 219 Å². The van der Waals surface area contributed by atoms with Crippen LogP contribution in [0.15, 0.2) is 23.3 Å². The van der Waals surface area contributed by atoms with E-state index in [0.717, 1.165) is 12.8 Å². The molecule has 0 aliphatic carbocycles. The molecule has 0 aromatic carbocycles. The molecular weight excluding hydrogens is 456 g/mol. The molecule has 8 atom stereocenters. The fourth-order valence-corrected chi connectivity index (χ4v) is 5.64. The van der Waals surface area contributed by atoms with Gasteiger partial charge in [-0.3, -0.25) is 0 Å². The minimum Gasteiger partial charge on any atom is -0.390 e. The van der Waals surface area contributed by atoms with E-state index in [-0.39, 0.29) is 12.2 Å². The summed E-state index contributed by atoms with van der Waals surface area (Å²) in [6.07, 6.45) is 8.40. The maximum Gasteiger partial charge on any atom is 0.0918 e. The summed E-state index contributed by atoms with van der Waals surface area (Å²) < 4.78 is 12.5. The molecule has 0 spiro atoms. The van der Waals surface area contributed by atoms with Crippen LogP contribution in [0.3, 0.4) is 0 Å². The minimum atomic E-state index is -0.953. The molecule has 0 radical (unpaired) electrons. The maximum atomic E-state index is 11.0. The zero-order chi connectivity index (χ0) is 27.4. The van der Waals surface area contributed by atoms with Crippen LogP contribution >= 0.6 is 0 Å². The monoisotopic (exact) mass is 510 g/mol. The largest absolute Gasteiger partial charge is 0.390 e. The van der Waals surface area contributed by atoms with Crippen molar-refractivity contribution in [1.29, 1.82) is 0 Å². The van der Waals surface area contributed by atoms with Crippen LogP contribution in [0.25, 0.3) is 0 Å². The van der Waals surface area contributed by atoms with E-state index in [1.165, 1.54) is 11.1 Å². The average Bonchev–Trinajstić information content (AvgIpc) is 3.37. The minimum absolute atomic E-state index is 0.322. The fourth-order valence-electron chi connectivity index (χ4n) is 5.64. The number of aliphatic hydroxyl groups excluding tert-OH is 2. The molecule has 6 nitrogen and oxygen atoms in total. The predicted molar refractivity (Wildman–Crippen MR) is 145 cm³/mol. The molecule has 2 aliphatic heterocycles. The Kier molecular flexibility index (Phi) is 10.8. The zero-order valence-corrected chi connectivity index (χ0v) is 24.1. The fraction of sp³-hybridized carbons (Fsp3) is 0.867. The number of aliphatic hydroxyl groups is 4. The van der Waals surface area contributed by atoms with Crippen molar-refractivity contribution >= 4 is 0 Å². The van der Waals surface area contributed by atoms with Crippen molar-refractivity contribution in [2.24, 2.45) is 0 Å². The summed E-state index contributed by atoms with van der Waals surface area (Å²) in [4.78, 5) is 0. The molecule has 0 amide bonds. The number of allylic oxidation sites excluding steroid dienone is 4. The van der Waals surface area contributed by atoms with Crippen LogP contribution in [0.5, 0.6) is 0 Å². The van der Waals surface area contributed by atoms with Crippen LogP contribution in [0.2, 0.25) is 0 Å². The van der Waals surface area contributed by atoms with Gasteiger partial charge in [-0.05, 0) is 120 Å². The molecule has 4 N–H and O–H groups in total. The molecule has 2 heterocycles. The first-order valence-corrected chi connectivity index (χ1v) is 13.9. The van der Waals surface area contributed by atoms with Crippen molar-refractivity contribution in [1.82, 2.24) is 0 Å². The summed E-state index contributed by atoms with van der Waals surface area (Å²) in [5.74, 6) is 0. The van der Waals surface area contributed by atoms with Gasteiger partial charge < -0.3 is 29.9 Å². The summed E-state index contributed by atoms with van der Waals surface area (Å²) in [7, 11) is 0. The first kappa shape index (κ1) is 31.5. The molecule has 0 bridgehead atoms. The van der Waals surface area contributed by atoms with Crippen LogP contribution < -0.4 is 0 Å². The summed E-state index contributed by atoms with van der Waals surface area (Å²) in [6, 6.07) is 0. The van der Waals surface area contributed by atoms with Crippen molar-refractivity contribution < 1.29 is 29.9 Å². The molecule has 2 saturated heterocycles. The highest BCUT2D eigenvalue weighted by atomic mass is 16.5. The van der Waals surface area contributed by atoms with Crippen molar-refractivity contribution in [3.8, 4) is 0 Å². The summed E-state index contributed by atoms with van der Waals surface area (Å²) >= 11 is 0. The number of rotatable bonds is 13. The SMILES string of the molecule is CC(C)=CCCC(C)(O)C1CCC(C)(C(O)CCC(O)C2(C)CCC(C(C)(O)CCC=C(C)C)O2)O1. The van der Waals surface area contributed by atoms with Crippen molar-refractivity contribution in [2.45, 2.75) is 166 Å². The Bertz CT molecular complexity index is 699. The molecule has 6 heteroatoms. The van der Waals surface area contributed by atoms with Gasteiger partial charge in [0, 0.05) is 0 Å². The van der Waals surface area contributed by atoms with Crippen LogP contribution in [0, 0.1) is 0 Å². The molecule has 0 saturated carbocycles. The van der Waals surface area contributed by atoms with Gasteiger partial charge in [-0.2, -0.15) is 0 Å². The van der Waals surface area contributed by atoms with Gasteiger partial charge in [-0.25, -0.2) is 0 Å². The van der Waals surface area contributed by atoms with Crippen molar-refractivity contribution in [3.63, 3.8) is 0 Å². The predicted octanol–water partition coefficient (Wildman–Crippen LogP) is 5.36. The van der Waals surface area contributed by atoms with E-state index in [2.05, 4.69) is 12.2 Å². The third kappa shape index (κ3) is 8.37. The van der Waals surface area contributed by atoms with Crippen LogP contribution in [-0.2, 0) is 9.47 Å². The van der Waals surface area contributed by atoms with Crippen LogP contribution in [-0.4, -0.2) is 67.2 Å². The molecule has 2 fully saturated rings. The second-order valence-electron chi connectivity index (χ2n) is 12.9. The van der Waals surface area contributed by atoms with Gasteiger partial charge in [0.05, 0.1) is 46.8 Å². The van der Waals surface area contributed by atoms with Crippen molar-refractivity contribution in [3.05, 3.63) is 23.3 Å². The lowest BCUT2D eigenvalue weighted by molar-refractivity contribution is -0.172. The van der Waals surface area contributed by atoms with Gasteiger partial charge in [0.2, 0.25) is 0 Å². The first-order valence-electron chi connectivity index (χ1n) is 13.9. The van der Waals surface area contributed by atoms with Gasteiger partial charge in [0.25, 0.3) is 0 Å². The van der Waals surface area contributed by atoms with Gasteiger partial charge in [0.15, 0.2) is 0 Å². The van der Waals surface area contributed by atoms with Gasteiger partial charge in [-0.1, -0.05) is 23.3 Å². The summed E-state index contributed by atoms with van der Waals surface area (Å²) in [5.41, 5.74) is -0.942. The highest BCUT2D eigenvalue weighted by molar-refractivity contribution is 5.02. The second-order valence-corrected chi connectivity index (χ2v) is 12.9. The Morgan fingerprint density at radius 1 is 0.778 bits per heavy atom. The number of hydrogen-bond donors (Lipinski definition) is 4. The standard InChI is InChI=1S/C30H54O6/c1-21(2)11-9-17-27(5,33)25-15-19-29(7,35-25)23(31)13-14-24(32)30(8)20-16-26(36-30)28(6,34)18-10-12-22(3)4/h11-12,23-26,31-34H,9-10,13-20H2,1-8H3. The zero-order valence-electron chi connectivity index (χ0n) is 24.1. The van der Waals surface area contributed by atoms with Gasteiger partial charge in [0.1, 0.15) is 0 Å². The Morgan fingerprint density at radius 3 is 1.42 bits per heavy atom. The second kappa shape index (κ2) is 12.4. The third-order valence-electron chi connectivity index (χ3n) is 8.55. The third-order valence-corrected chi connectivity index (χ3v) is 8.55. The molecule has 8 unspecified atom stereocenters. The number of ether oxygens (including phenoxy) is 2. The highest BCUT2D eigenvalue weighted by Crippen LogP contribution is 2.42. The van der Waals surface area contributed by atoms with E-state index < -0.39 is 34.6 Å². The normalized spacial score (nSPS) is 33.4. The van der Waals surface area contributed by atoms with E-state index in [1.54, 1.807) is 0 Å². The molecule has 210 valence electrons. The molecule has 0 aromatic rings. The van der Waals surface area contributed by atoms with Gasteiger partial charge in [-0.15, -0.1) is 0 Å². The van der Waals surface area contributed by atoms with Crippen molar-refractivity contribution in [2.75, 3.05) is 0 Å². The lowest BCUT2D eigenvalue weighted by Crippen LogP contribution is -2.47. The molecule has 2 aliphatic rings. The van der Waals surface area contributed by atoms with E-state index in [9.17, 15) is 20.4 Å². The lowest BCUT2D eigenvalue weighted by Gasteiger charge is -2.37. The van der Waals surface area contributed by atoms with Gasteiger partial charge >= 0.3 is 0 Å². The summed E-state index contributed by atoms with van der Waals surface area (Å²) in [6.45, 7) is 15.7. The Balaban J connectivity index is 1.88. The highest BCUT2D eigenvalue weighted by Gasteiger charge is 2.50. The quantitative estimate of drug-likeness (QED) is 0.249. The molecule has 0 aromatic heterocycles. The van der Waals surface area contributed by atoms with Crippen LogP contribution in [0.4, 0.5) is 0 Å². The molecular formula is C30H54O6.